The van der Waals surface area contributed by atoms with Gasteiger partial charge in [-0.05, 0) is 34.6 Å². The molecule has 0 aliphatic rings. The van der Waals surface area contributed by atoms with Gasteiger partial charge in [-0.15, -0.1) is 0 Å². The molecule has 1 rings (SSSR count). The molecule has 92 valence electrons. The average molecular weight is 317 g/mol. The summed E-state index contributed by atoms with van der Waals surface area (Å²) < 4.78 is 10.9. The van der Waals surface area contributed by atoms with E-state index in [0.717, 1.165) is 12.1 Å². The molecule has 1 aromatic carbocycles. The van der Waals surface area contributed by atoms with Gasteiger partial charge < -0.3 is 0 Å². The van der Waals surface area contributed by atoms with E-state index in [0.29, 0.717) is 0 Å². The summed E-state index contributed by atoms with van der Waals surface area (Å²) in [4.78, 5) is 21.4. The second kappa shape index (κ2) is 5.23. The Morgan fingerprint density at radius 2 is 2.00 bits per heavy atom. The normalized spacial score (nSPS) is 11.0. The van der Waals surface area contributed by atoms with Crippen molar-refractivity contribution in [2.75, 3.05) is 0 Å². The number of carbonyl (C=O) groups excluding carboxylic acids is 1. The van der Waals surface area contributed by atoms with Gasteiger partial charge in [0.15, 0.2) is 0 Å². The molecule has 1 amide bonds. The Labute approximate surface area is 110 Å². The lowest BCUT2D eigenvalue weighted by Gasteiger charge is -2.05. The molecular weight excluding hydrogens is 313 g/mol. The molecule has 1 aromatic rings. The topological polar surface area (TPSA) is 89.3 Å². The zero-order chi connectivity index (χ0) is 13.2. The molecule has 1 N–H and O–H groups in total. The second-order valence-electron chi connectivity index (χ2n) is 2.82. The van der Waals surface area contributed by atoms with Gasteiger partial charge in [0, 0.05) is 11.1 Å². The van der Waals surface area contributed by atoms with Crippen molar-refractivity contribution in [2.24, 2.45) is 0 Å². The van der Waals surface area contributed by atoms with E-state index in [1.54, 1.807) is 5.09 Å². The minimum absolute atomic E-state index is 0.0909. The molecule has 0 aliphatic carbocycles. The molecule has 6 nitrogen and oxygen atoms in total. The first-order valence-electron chi connectivity index (χ1n) is 3.96. The van der Waals surface area contributed by atoms with Crippen molar-refractivity contribution >= 4 is 51.7 Å². The first kappa shape index (κ1) is 14.3. The number of nitro groups is 1. The number of benzene rings is 1. The van der Waals surface area contributed by atoms with E-state index in [1.165, 1.54) is 6.07 Å². The first-order valence-corrected chi connectivity index (χ1v) is 7.86. The van der Waals surface area contributed by atoms with Crippen molar-refractivity contribution < 1.29 is 14.3 Å². The highest BCUT2D eigenvalue weighted by atomic mass is 35.9. The quantitative estimate of drug-likeness (QED) is 0.524. The summed E-state index contributed by atoms with van der Waals surface area (Å²) in [6, 6.07) is 3.37. The summed E-state index contributed by atoms with van der Waals surface area (Å²) in [5.74, 6) is -4.87. The summed E-state index contributed by atoms with van der Waals surface area (Å²) in [6.45, 7) is 0. The summed E-state index contributed by atoms with van der Waals surface area (Å²) in [6.07, 6.45) is 0. The van der Waals surface area contributed by atoms with Crippen LogP contribution in [0.2, 0.25) is 5.02 Å². The third-order valence-electron chi connectivity index (χ3n) is 1.63. The van der Waals surface area contributed by atoms with Crippen LogP contribution in [0, 0.1) is 10.1 Å². The Morgan fingerprint density at radius 3 is 2.47 bits per heavy atom. The molecule has 17 heavy (non-hydrogen) atoms. The molecular formula is C7H4Cl3N2O4P. The molecule has 0 spiro atoms. The minimum Gasteiger partial charge on any atom is -0.279 e. The highest BCUT2D eigenvalue weighted by Gasteiger charge is 2.25. The van der Waals surface area contributed by atoms with E-state index in [2.05, 4.69) is 0 Å². The lowest BCUT2D eigenvalue weighted by atomic mass is 10.2. The van der Waals surface area contributed by atoms with Gasteiger partial charge in [-0.1, -0.05) is 11.6 Å². The molecule has 0 radical (unpaired) electrons. The molecule has 0 aromatic heterocycles. The fourth-order valence-electron chi connectivity index (χ4n) is 1.03. The fourth-order valence-corrected chi connectivity index (χ4v) is 2.01. The zero-order valence-corrected chi connectivity index (χ0v) is 11.1. The van der Waals surface area contributed by atoms with Gasteiger partial charge in [-0.2, -0.15) is 0 Å². The maximum Gasteiger partial charge on any atom is 0.345 e. The van der Waals surface area contributed by atoms with Crippen LogP contribution in [-0.2, 0) is 4.57 Å². The molecule has 0 atom stereocenters. The first-order chi connectivity index (χ1) is 7.70. The summed E-state index contributed by atoms with van der Waals surface area (Å²) in [5, 5.41) is 12.5. The van der Waals surface area contributed by atoms with Crippen LogP contribution in [0.5, 0.6) is 0 Å². The second-order valence-corrected chi connectivity index (χ2v) is 7.78. The summed E-state index contributed by atoms with van der Waals surface area (Å²) in [5.41, 5.74) is -0.863. The van der Waals surface area contributed by atoms with E-state index in [4.69, 9.17) is 34.1 Å². The van der Waals surface area contributed by atoms with Crippen LogP contribution in [0.4, 0.5) is 5.69 Å². The number of hydrogen-bond donors (Lipinski definition) is 1. The van der Waals surface area contributed by atoms with Crippen LogP contribution < -0.4 is 5.09 Å². The van der Waals surface area contributed by atoms with Crippen LogP contribution in [0.3, 0.4) is 0 Å². The van der Waals surface area contributed by atoms with E-state index in [1.807, 2.05) is 0 Å². The largest absolute Gasteiger partial charge is 0.345 e. The molecule has 0 bridgehead atoms. The third-order valence-corrected chi connectivity index (χ3v) is 2.84. The van der Waals surface area contributed by atoms with Crippen molar-refractivity contribution in [3.63, 3.8) is 0 Å². The number of hydrogen-bond acceptors (Lipinski definition) is 4. The minimum atomic E-state index is -3.86. The van der Waals surface area contributed by atoms with Gasteiger partial charge in [-0.3, -0.25) is 24.6 Å². The molecule has 0 unspecified atom stereocenters. The Balaban J connectivity index is 3.18. The lowest BCUT2D eigenvalue weighted by Crippen LogP contribution is -2.18. The highest BCUT2D eigenvalue weighted by molar-refractivity contribution is 8.07. The predicted molar refractivity (Wildman–Crippen MR) is 64.9 cm³/mol. The van der Waals surface area contributed by atoms with Crippen molar-refractivity contribution in [3.05, 3.63) is 38.9 Å². The molecule has 0 heterocycles. The van der Waals surface area contributed by atoms with Crippen LogP contribution in [-0.4, -0.2) is 10.8 Å². The molecule has 0 fully saturated rings. The van der Waals surface area contributed by atoms with Gasteiger partial charge in [0.25, 0.3) is 11.6 Å². The van der Waals surface area contributed by atoms with E-state index >= 15 is 0 Å². The Bertz CT molecular complexity index is 530. The Kier molecular flexibility index (Phi) is 4.38. The number of amides is 1. The lowest BCUT2D eigenvalue weighted by molar-refractivity contribution is -0.385. The van der Waals surface area contributed by atoms with Gasteiger partial charge in [-0.25, -0.2) is 0 Å². The maximum atomic E-state index is 11.5. The summed E-state index contributed by atoms with van der Waals surface area (Å²) in [7, 11) is 0. The number of nitrogens with one attached hydrogen (secondary N) is 1. The smallest absolute Gasteiger partial charge is 0.279 e. The van der Waals surface area contributed by atoms with Gasteiger partial charge in [0.1, 0.15) is 5.56 Å². The van der Waals surface area contributed by atoms with Gasteiger partial charge in [0.2, 0.25) is 0 Å². The Hall–Kier alpha value is -0.810. The van der Waals surface area contributed by atoms with Gasteiger partial charge >= 0.3 is 6.00 Å². The molecule has 0 saturated carbocycles. The van der Waals surface area contributed by atoms with Crippen LogP contribution in [0.15, 0.2) is 18.2 Å². The third kappa shape index (κ3) is 4.16. The number of halogens is 3. The SMILES string of the molecule is O=C(NP(=O)(Cl)Cl)c1ccc(Cl)cc1[N+](=O)[O-]. The van der Waals surface area contributed by atoms with Crippen LogP contribution in [0.1, 0.15) is 10.4 Å². The molecule has 10 heteroatoms. The average Bonchev–Trinajstić information content (AvgIpc) is 2.14. The van der Waals surface area contributed by atoms with E-state index < -0.39 is 22.5 Å². The molecule has 0 saturated heterocycles. The van der Waals surface area contributed by atoms with Crippen molar-refractivity contribution in [3.8, 4) is 0 Å². The van der Waals surface area contributed by atoms with Crippen LogP contribution >= 0.6 is 40.1 Å². The fraction of sp³-hybridized carbons (Fsp3) is 0. The number of rotatable bonds is 3. The van der Waals surface area contributed by atoms with Gasteiger partial charge in [0.05, 0.1) is 4.92 Å². The number of carbonyl (C=O) groups is 1. The monoisotopic (exact) mass is 316 g/mol. The predicted octanol–water partition coefficient (Wildman–Crippen LogP) is 3.56. The summed E-state index contributed by atoms with van der Waals surface area (Å²) >= 11 is 15.8. The highest BCUT2D eigenvalue weighted by Crippen LogP contribution is 2.52. The zero-order valence-electron chi connectivity index (χ0n) is 7.89. The van der Waals surface area contributed by atoms with Crippen molar-refractivity contribution in [1.82, 2.24) is 5.09 Å². The van der Waals surface area contributed by atoms with E-state index in [-0.39, 0.29) is 10.6 Å². The molecule has 0 aliphatic heterocycles. The maximum absolute atomic E-state index is 11.5. The number of nitro benzene ring substituents is 1. The number of nitrogens with zero attached hydrogens (tertiary/aromatic N) is 1. The van der Waals surface area contributed by atoms with Crippen molar-refractivity contribution in [1.29, 1.82) is 0 Å². The van der Waals surface area contributed by atoms with Crippen LogP contribution in [0.25, 0.3) is 0 Å². The van der Waals surface area contributed by atoms with E-state index in [9.17, 15) is 19.5 Å². The van der Waals surface area contributed by atoms with Crippen molar-refractivity contribution in [2.45, 2.75) is 0 Å². The standard InChI is InChI=1S/C7H4Cl3N2O4P/c8-4-1-2-5(6(3-4)12(14)15)7(13)11-17(9,10)16/h1-3H,(H,11,13,16). The Morgan fingerprint density at radius 1 is 1.41 bits per heavy atom.